The molecule has 0 unspecified atom stereocenters. The van der Waals surface area contributed by atoms with E-state index in [1.807, 2.05) is 6.92 Å². The molecule has 1 aromatic rings. The number of ether oxygens (including phenoxy) is 2. The summed E-state index contributed by atoms with van der Waals surface area (Å²) in [4.78, 5) is 21.6. The molecule has 0 fully saturated rings. The van der Waals surface area contributed by atoms with Crippen LogP contribution in [0.25, 0.3) is 0 Å². The molecule has 0 saturated heterocycles. The Labute approximate surface area is 117 Å². The van der Waals surface area contributed by atoms with Crippen molar-refractivity contribution in [1.82, 2.24) is 0 Å². The van der Waals surface area contributed by atoms with Gasteiger partial charge in [-0.15, -0.1) is 0 Å². The second-order valence-corrected chi connectivity index (χ2v) is 3.98. The van der Waals surface area contributed by atoms with Gasteiger partial charge in [0.25, 0.3) is 5.69 Å². The van der Waals surface area contributed by atoms with Crippen LogP contribution in [-0.4, -0.2) is 30.7 Å². The summed E-state index contributed by atoms with van der Waals surface area (Å²) in [6.07, 6.45) is 0.800. The lowest BCUT2D eigenvalue weighted by Gasteiger charge is -2.09. The third kappa shape index (κ3) is 5.13. The quantitative estimate of drug-likeness (QED) is 0.447. The molecule has 0 atom stereocenters. The second-order valence-electron chi connectivity index (χ2n) is 3.98. The van der Waals surface area contributed by atoms with Crippen LogP contribution in [0.4, 0.5) is 11.4 Å². The first-order valence-electron chi connectivity index (χ1n) is 6.38. The SMILES string of the molecule is CCCOc1cc(NCC(=O)OCC)cc([N+](=O)[O-])c1. The molecule has 1 aromatic carbocycles. The van der Waals surface area contributed by atoms with Gasteiger partial charge in [0, 0.05) is 17.8 Å². The molecule has 0 aromatic heterocycles. The molecule has 1 N–H and O–H groups in total. The maximum Gasteiger partial charge on any atom is 0.325 e. The van der Waals surface area contributed by atoms with Crippen LogP contribution in [0.5, 0.6) is 5.75 Å². The lowest BCUT2D eigenvalue weighted by molar-refractivity contribution is -0.384. The van der Waals surface area contributed by atoms with Crippen molar-refractivity contribution in [2.75, 3.05) is 25.1 Å². The van der Waals surface area contributed by atoms with Crippen molar-refractivity contribution in [3.05, 3.63) is 28.3 Å². The number of carbonyl (C=O) groups excluding carboxylic acids is 1. The summed E-state index contributed by atoms with van der Waals surface area (Å²) in [5, 5.41) is 13.6. The van der Waals surface area contributed by atoms with Crippen molar-refractivity contribution in [3.8, 4) is 5.75 Å². The summed E-state index contributed by atoms with van der Waals surface area (Å²) in [5.41, 5.74) is 0.350. The van der Waals surface area contributed by atoms with Gasteiger partial charge in [0.05, 0.1) is 24.2 Å². The number of hydrogen-bond donors (Lipinski definition) is 1. The number of nitrogens with one attached hydrogen (secondary N) is 1. The van der Waals surface area contributed by atoms with E-state index in [0.29, 0.717) is 24.7 Å². The Balaban J connectivity index is 2.80. The van der Waals surface area contributed by atoms with E-state index >= 15 is 0 Å². The van der Waals surface area contributed by atoms with E-state index in [0.717, 1.165) is 6.42 Å². The molecular weight excluding hydrogens is 264 g/mol. The Morgan fingerprint density at radius 2 is 2.10 bits per heavy atom. The van der Waals surface area contributed by atoms with E-state index in [1.165, 1.54) is 12.1 Å². The Kier molecular flexibility index (Phi) is 6.28. The van der Waals surface area contributed by atoms with Gasteiger partial charge in [-0.25, -0.2) is 0 Å². The average Bonchev–Trinajstić information content (AvgIpc) is 2.43. The molecular formula is C13H18N2O5. The summed E-state index contributed by atoms with van der Waals surface area (Å²) in [6.45, 7) is 4.36. The van der Waals surface area contributed by atoms with Gasteiger partial charge < -0.3 is 14.8 Å². The standard InChI is InChI=1S/C13H18N2O5/c1-3-5-20-12-7-10(6-11(8-12)15(17)18)14-9-13(16)19-4-2/h6-8,14H,3-5,9H2,1-2H3. The topological polar surface area (TPSA) is 90.7 Å². The normalized spacial score (nSPS) is 9.90. The molecule has 0 heterocycles. The summed E-state index contributed by atoms with van der Waals surface area (Å²) in [6, 6.07) is 4.31. The maximum absolute atomic E-state index is 11.2. The highest BCUT2D eigenvalue weighted by Gasteiger charge is 2.11. The Bertz CT molecular complexity index is 476. The third-order valence-corrected chi connectivity index (χ3v) is 2.32. The molecule has 1 rings (SSSR count). The number of nitrogens with zero attached hydrogens (tertiary/aromatic N) is 1. The van der Waals surface area contributed by atoms with Gasteiger partial charge in [0.2, 0.25) is 0 Å². The van der Waals surface area contributed by atoms with E-state index in [2.05, 4.69) is 5.32 Å². The summed E-state index contributed by atoms with van der Waals surface area (Å²) < 4.78 is 10.2. The molecule has 7 heteroatoms. The van der Waals surface area contributed by atoms with Crippen LogP contribution in [-0.2, 0) is 9.53 Å². The van der Waals surface area contributed by atoms with E-state index in [4.69, 9.17) is 9.47 Å². The second kappa shape index (κ2) is 7.98. The van der Waals surface area contributed by atoms with Crippen molar-refractivity contribution in [3.63, 3.8) is 0 Å². The van der Waals surface area contributed by atoms with E-state index in [-0.39, 0.29) is 12.2 Å². The van der Waals surface area contributed by atoms with Crippen LogP contribution in [0.2, 0.25) is 0 Å². The van der Waals surface area contributed by atoms with Crippen LogP contribution in [0.15, 0.2) is 18.2 Å². The maximum atomic E-state index is 11.2. The zero-order valence-electron chi connectivity index (χ0n) is 11.5. The lowest BCUT2D eigenvalue weighted by Crippen LogP contribution is -2.16. The third-order valence-electron chi connectivity index (χ3n) is 2.32. The molecule has 0 radical (unpaired) electrons. The highest BCUT2D eigenvalue weighted by atomic mass is 16.6. The first-order valence-corrected chi connectivity index (χ1v) is 6.38. The first kappa shape index (κ1) is 15.7. The fourth-order valence-corrected chi connectivity index (χ4v) is 1.48. The first-order chi connectivity index (χ1) is 9.56. The van der Waals surface area contributed by atoms with Gasteiger partial charge in [-0.2, -0.15) is 0 Å². The summed E-state index contributed by atoms with van der Waals surface area (Å²) >= 11 is 0. The van der Waals surface area contributed by atoms with Crippen LogP contribution in [0, 0.1) is 10.1 Å². The predicted molar refractivity (Wildman–Crippen MR) is 74.0 cm³/mol. The van der Waals surface area contributed by atoms with Gasteiger partial charge >= 0.3 is 5.97 Å². The molecule has 0 aliphatic rings. The van der Waals surface area contributed by atoms with Gasteiger partial charge in [0.1, 0.15) is 12.3 Å². The molecule has 0 bridgehead atoms. The van der Waals surface area contributed by atoms with Crippen molar-refractivity contribution in [1.29, 1.82) is 0 Å². The zero-order valence-corrected chi connectivity index (χ0v) is 11.5. The zero-order chi connectivity index (χ0) is 15.0. The van der Waals surface area contributed by atoms with Crippen LogP contribution in [0.1, 0.15) is 20.3 Å². The predicted octanol–water partition coefficient (Wildman–Crippen LogP) is 2.36. The Hall–Kier alpha value is -2.31. The minimum absolute atomic E-state index is 0.0533. The molecule has 0 aliphatic heterocycles. The summed E-state index contributed by atoms with van der Waals surface area (Å²) in [7, 11) is 0. The molecule has 110 valence electrons. The fourth-order valence-electron chi connectivity index (χ4n) is 1.48. The smallest absolute Gasteiger partial charge is 0.325 e. The minimum Gasteiger partial charge on any atom is -0.493 e. The largest absolute Gasteiger partial charge is 0.493 e. The number of nitro benzene ring substituents is 1. The summed E-state index contributed by atoms with van der Waals surface area (Å²) in [5.74, 6) is -0.0255. The molecule has 7 nitrogen and oxygen atoms in total. The van der Waals surface area contributed by atoms with Gasteiger partial charge in [-0.1, -0.05) is 6.92 Å². The highest BCUT2D eigenvalue weighted by molar-refractivity contribution is 5.75. The van der Waals surface area contributed by atoms with E-state index in [9.17, 15) is 14.9 Å². The highest BCUT2D eigenvalue weighted by Crippen LogP contribution is 2.26. The minimum atomic E-state index is -0.506. The fraction of sp³-hybridized carbons (Fsp3) is 0.462. The van der Waals surface area contributed by atoms with Crippen LogP contribution < -0.4 is 10.1 Å². The number of rotatable bonds is 8. The Morgan fingerprint density at radius 1 is 1.35 bits per heavy atom. The molecule has 20 heavy (non-hydrogen) atoms. The van der Waals surface area contributed by atoms with Crippen molar-refractivity contribution >= 4 is 17.3 Å². The number of esters is 1. The molecule has 0 spiro atoms. The number of non-ortho nitro benzene ring substituents is 1. The number of anilines is 1. The monoisotopic (exact) mass is 282 g/mol. The van der Waals surface area contributed by atoms with E-state index < -0.39 is 10.9 Å². The van der Waals surface area contributed by atoms with Gasteiger partial charge in [-0.05, 0) is 13.3 Å². The van der Waals surface area contributed by atoms with Crippen molar-refractivity contribution < 1.29 is 19.2 Å². The van der Waals surface area contributed by atoms with Gasteiger partial charge in [-0.3, -0.25) is 14.9 Å². The van der Waals surface area contributed by atoms with Gasteiger partial charge in [0.15, 0.2) is 0 Å². The van der Waals surface area contributed by atoms with E-state index in [1.54, 1.807) is 13.0 Å². The number of hydrogen-bond acceptors (Lipinski definition) is 6. The van der Waals surface area contributed by atoms with Crippen LogP contribution >= 0.6 is 0 Å². The lowest BCUT2D eigenvalue weighted by atomic mass is 10.2. The Morgan fingerprint density at radius 3 is 2.70 bits per heavy atom. The van der Waals surface area contributed by atoms with Crippen molar-refractivity contribution in [2.45, 2.75) is 20.3 Å². The molecule has 0 aliphatic carbocycles. The number of benzene rings is 1. The molecule has 0 saturated carbocycles. The number of carbonyl (C=O) groups is 1. The molecule has 0 amide bonds. The number of nitro groups is 1. The van der Waals surface area contributed by atoms with Crippen molar-refractivity contribution in [2.24, 2.45) is 0 Å². The van der Waals surface area contributed by atoms with Crippen LogP contribution in [0.3, 0.4) is 0 Å². The average molecular weight is 282 g/mol.